The molecule has 0 aliphatic carbocycles. The molecule has 2 aromatic carbocycles. The van der Waals surface area contributed by atoms with E-state index in [2.05, 4.69) is 9.97 Å². The van der Waals surface area contributed by atoms with Crippen LogP contribution in [0.4, 0.5) is 0 Å². The summed E-state index contributed by atoms with van der Waals surface area (Å²) in [6.07, 6.45) is 3.68. The van der Waals surface area contributed by atoms with E-state index in [1.165, 1.54) is 0 Å². The molecule has 0 fully saturated rings. The number of benzene rings is 2. The maximum absolute atomic E-state index is 13.7. The van der Waals surface area contributed by atoms with E-state index in [-0.39, 0.29) is 30.4 Å². The fourth-order valence-electron chi connectivity index (χ4n) is 4.42. The van der Waals surface area contributed by atoms with Crippen molar-refractivity contribution in [2.45, 2.75) is 25.4 Å². The fourth-order valence-corrected chi connectivity index (χ4v) is 4.61. The summed E-state index contributed by atoms with van der Waals surface area (Å²) in [7, 11) is 0. The number of nitrogens with zero attached hydrogens (tertiary/aromatic N) is 3. The highest BCUT2D eigenvalue weighted by atomic mass is 35.5. The minimum absolute atomic E-state index is 0.0723. The summed E-state index contributed by atoms with van der Waals surface area (Å²) in [4.78, 5) is 49.9. The number of fused-ring (bicyclic) bond motifs is 1. The zero-order chi connectivity index (χ0) is 25.1. The minimum Gasteiger partial charge on any atom is -0.324 e. The first kappa shape index (κ1) is 23.6. The van der Waals surface area contributed by atoms with Crippen molar-refractivity contribution < 1.29 is 14.4 Å². The standard InChI is InChI=1S/C29H22ClN3O3/c30-22-11-12-24-21(15-22)16-27(34)26(17-23-5-1-3-13-31-23)33(29(24)36)18-19-7-9-20(10-8-19)28(35)25-6-2-4-14-32-25/h1-15,26H,16-18H2/t26-/m1/s1. The molecule has 1 aliphatic heterocycles. The monoisotopic (exact) mass is 495 g/mol. The van der Waals surface area contributed by atoms with Gasteiger partial charge in [-0.25, -0.2) is 0 Å². The largest absolute Gasteiger partial charge is 0.324 e. The van der Waals surface area contributed by atoms with Crippen molar-refractivity contribution >= 4 is 29.1 Å². The number of ketones is 2. The van der Waals surface area contributed by atoms with Gasteiger partial charge >= 0.3 is 0 Å². The van der Waals surface area contributed by atoms with E-state index in [4.69, 9.17) is 11.6 Å². The summed E-state index contributed by atoms with van der Waals surface area (Å²) >= 11 is 6.16. The van der Waals surface area contributed by atoms with Crippen LogP contribution in [-0.4, -0.2) is 38.4 Å². The lowest BCUT2D eigenvalue weighted by molar-refractivity contribution is -0.122. The second kappa shape index (κ2) is 10.2. The molecule has 0 saturated carbocycles. The lowest BCUT2D eigenvalue weighted by Crippen LogP contribution is -2.44. The average molecular weight is 496 g/mol. The third-order valence-electron chi connectivity index (χ3n) is 6.27. The fraction of sp³-hybridized carbons (Fsp3) is 0.138. The van der Waals surface area contributed by atoms with Gasteiger partial charge in [0.2, 0.25) is 5.78 Å². The lowest BCUT2D eigenvalue weighted by Gasteiger charge is -2.29. The molecule has 2 aromatic heterocycles. The Bertz CT molecular complexity index is 1420. The predicted molar refractivity (Wildman–Crippen MR) is 136 cm³/mol. The highest BCUT2D eigenvalue weighted by Crippen LogP contribution is 2.27. The summed E-state index contributed by atoms with van der Waals surface area (Å²) in [5, 5.41) is 0.484. The van der Waals surface area contributed by atoms with Gasteiger partial charge < -0.3 is 4.90 Å². The van der Waals surface area contributed by atoms with Crippen molar-refractivity contribution in [3.63, 3.8) is 0 Å². The number of carbonyl (C=O) groups excluding carboxylic acids is 3. The lowest BCUT2D eigenvalue weighted by atomic mass is 9.99. The van der Waals surface area contributed by atoms with Gasteiger partial charge in [0.1, 0.15) is 5.69 Å². The van der Waals surface area contributed by atoms with E-state index >= 15 is 0 Å². The number of rotatable bonds is 6. The van der Waals surface area contributed by atoms with Gasteiger partial charge in [-0.3, -0.25) is 24.4 Å². The topological polar surface area (TPSA) is 80.2 Å². The Morgan fingerprint density at radius 3 is 2.36 bits per heavy atom. The summed E-state index contributed by atoms with van der Waals surface area (Å²) in [6.45, 7) is 0.211. The second-order valence-corrected chi connectivity index (χ2v) is 9.10. The summed E-state index contributed by atoms with van der Waals surface area (Å²) in [5.74, 6) is -0.485. The molecule has 0 saturated heterocycles. The number of halogens is 1. The molecule has 178 valence electrons. The van der Waals surface area contributed by atoms with Gasteiger partial charge in [0.05, 0.1) is 6.04 Å². The third-order valence-corrected chi connectivity index (χ3v) is 6.50. The van der Waals surface area contributed by atoms with Crippen LogP contribution in [0.2, 0.25) is 5.02 Å². The van der Waals surface area contributed by atoms with Gasteiger partial charge in [-0.05, 0) is 53.6 Å². The Morgan fingerprint density at radius 2 is 1.67 bits per heavy atom. The highest BCUT2D eigenvalue weighted by Gasteiger charge is 2.35. The van der Waals surface area contributed by atoms with Crippen molar-refractivity contribution in [3.05, 3.63) is 130 Å². The number of carbonyl (C=O) groups is 3. The van der Waals surface area contributed by atoms with Crippen LogP contribution in [0.25, 0.3) is 0 Å². The maximum Gasteiger partial charge on any atom is 0.255 e. The number of pyridine rings is 2. The molecule has 5 rings (SSSR count). The zero-order valence-corrected chi connectivity index (χ0v) is 20.1. The molecule has 1 atom stereocenters. The van der Waals surface area contributed by atoms with Crippen LogP contribution < -0.4 is 0 Å². The van der Waals surface area contributed by atoms with Gasteiger partial charge in [-0.2, -0.15) is 0 Å². The smallest absolute Gasteiger partial charge is 0.255 e. The molecule has 0 spiro atoms. The highest BCUT2D eigenvalue weighted by molar-refractivity contribution is 6.30. The van der Waals surface area contributed by atoms with E-state index in [9.17, 15) is 14.4 Å². The number of Topliss-reactive ketones (excluding diaryl/α,β-unsaturated/α-hetero) is 1. The molecule has 1 amide bonds. The molecule has 0 radical (unpaired) electrons. The van der Waals surface area contributed by atoms with Crippen molar-refractivity contribution in [1.29, 1.82) is 0 Å². The first-order chi connectivity index (χ1) is 17.5. The normalized spacial score (nSPS) is 15.4. The number of hydrogen-bond acceptors (Lipinski definition) is 5. The summed E-state index contributed by atoms with van der Waals surface area (Å²) in [6, 6.07) is 22.1. The van der Waals surface area contributed by atoms with Crippen LogP contribution in [0.5, 0.6) is 0 Å². The van der Waals surface area contributed by atoms with Crippen LogP contribution in [-0.2, 0) is 24.2 Å². The van der Waals surface area contributed by atoms with E-state index < -0.39 is 6.04 Å². The minimum atomic E-state index is -0.687. The molecule has 0 bridgehead atoms. The predicted octanol–water partition coefficient (Wildman–Crippen LogP) is 4.74. The third kappa shape index (κ3) is 4.95. The Labute approximate surface area is 213 Å². The van der Waals surface area contributed by atoms with E-state index in [0.717, 1.165) is 11.3 Å². The van der Waals surface area contributed by atoms with E-state index in [1.807, 2.05) is 18.2 Å². The molecule has 0 unspecified atom stereocenters. The molecule has 3 heterocycles. The van der Waals surface area contributed by atoms with Crippen molar-refractivity contribution in [1.82, 2.24) is 14.9 Å². The molecular weight excluding hydrogens is 474 g/mol. The summed E-state index contributed by atoms with van der Waals surface area (Å²) < 4.78 is 0. The van der Waals surface area contributed by atoms with Crippen molar-refractivity contribution in [3.8, 4) is 0 Å². The van der Waals surface area contributed by atoms with Crippen LogP contribution >= 0.6 is 11.6 Å². The van der Waals surface area contributed by atoms with Gasteiger partial charge in [-0.15, -0.1) is 0 Å². The summed E-state index contributed by atoms with van der Waals surface area (Å²) in [5.41, 5.74) is 3.50. The number of hydrogen-bond donors (Lipinski definition) is 0. The molecular formula is C29H22ClN3O3. The molecule has 4 aromatic rings. The van der Waals surface area contributed by atoms with Gasteiger partial charge in [0.25, 0.3) is 5.91 Å². The molecule has 6 nitrogen and oxygen atoms in total. The maximum atomic E-state index is 13.7. The Morgan fingerprint density at radius 1 is 0.917 bits per heavy atom. The molecule has 7 heteroatoms. The molecule has 1 aliphatic rings. The van der Waals surface area contributed by atoms with Crippen LogP contribution in [0, 0.1) is 0 Å². The SMILES string of the molecule is O=C(c1ccc(CN2C(=O)c3ccc(Cl)cc3CC(=O)[C@H]2Cc2ccccn2)cc1)c1ccccn1. The zero-order valence-electron chi connectivity index (χ0n) is 19.3. The number of aromatic nitrogens is 2. The van der Waals surface area contributed by atoms with Crippen LogP contribution in [0.1, 0.15) is 43.2 Å². The molecule has 0 N–H and O–H groups in total. The van der Waals surface area contributed by atoms with Crippen LogP contribution in [0.3, 0.4) is 0 Å². The average Bonchev–Trinajstić information content (AvgIpc) is 2.99. The Balaban J connectivity index is 1.46. The van der Waals surface area contributed by atoms with E-state index in [0.29, 0.717) is 33.8 Å². The van der Waals surface area contributed by atoms with Gasteiger partial charge in [-0.1, -0.05) is 48.0 Å². The molecule has 36 heavy (non-hydrogen) atoms. The van der Waals surface area contributed by atoms with Crippen molar-refractivity contribution in [2.75, 3.05) is 0 Å². The Hall–Kier alpha value is -4.16. The van der Waals surface area contributed by atoms with Gasteiger partial charge in [0, 0.05) is 53.6 Å². The second-order valence-electron chi connectivity index (χ2n) is 8.66. The quantitative estimate of drug-likeness (QED) is 0.361. The van der Waals surface area contributed by atoms with Gasteiger partial charge in [0.15, 0.2) is 5.78 Å². The first-order valence-corrected chi connectivity index (χ1v) is 11.9. The Kier molecular flexibility index (Phi) is 6.69. The van der Waals surface area contributed by atoms with E-state index in [1.54, 1.807) is 78.0 Å². The number of amides is 1. The van der Waals surface area contributed by atoms with Crippen LogP contribution in [0.15, 0.2) is 91.3 Å². The van der Waals surface area contributed by atoms with Crippen molar-refractivity contribution in [2.24, 2.45) is 0 Å². The first-order valence-electron chi connectivity index (χ1n) is 11.6.